The zero-order valence-electron chi connectivity index (χ0n) is 37.8. The van der Waals surface area contributed by atoms with Crippen LogP contribution < -0.4 is 21.3 Å². The summed E-state index contributed by atoms with van der Waals surface area (Å²) in [6, 6.07) is 7.26. The number of amides is 5. The van der Waals surface area contributed by atoms with Crippen LogP contribution in [0.2, 0.25) is 0 Å². The van der Waals surface area contributed by atoms with Crippen molar-refractivity contribution in [3.05, 3.63) is 48.0 Å². The highest BCUT2D eigenvalue weighted by Crippen LogP contribution is 2.36. The number of rotatable bonds is 16. The molecular weight excluding hydrogens is 753 g/mol. The summed E-state index contributed by atoms with van der Waals surface area (Å²) in [6.07, 6.45) is 6.22. The van der Waals surface area contributed by atoms with Crippen molar-refractivity contribution in [1.82, 2.24) is 31.2 Å². The van der Waals surface area contributed by atoms with Crippen molar-refractivity contribution < 1.29 is 38.7 Å². The molecule has 1 aromatic carbocycles. The Morgan fingerprint density at radius 2 is 1.47 bits per heavy atom. The molecule has 0 aliphatic carbocycles. The fourth-order valence-corrected chi connectivity index (χ4v) is 8.06. The quantitative estimate of drug-likeness (QED) is 0.0902. The molecule has 3 rings (SSSR count). The van der Waals surface area contributed by atoms with E-state index in [0.717, 1.165) is 5.56 Å². The standard InChI is InChI=1S/C45H74N6O8/c1-30(2)26-33(48-41(56)59-43(6,7)8)23-22-32(27-31-18-14-13-15-19-31)39(54)50-25-17-21-36(50)38(53)49-35(20-16-24-46-40(55)58-42(3,4)5)37(52)47-34-28-44(9,10)51(57)45(11,12)29-34/h13-15,18-19,22-23,30,32-36,57H,16-17,20-21,24-29H2,1-12H3,(H,46,55)(H,47,52)(H,48,56)(H,49,53)/b23-22+/t32-,33-,35+,36-/m1/s1. The van der Waals surface area contributed by atoms with Gasteiger partial charge in [0.15, 0.2) is 0 Å². The summed E-state index contributed by atoms with van der Waals surface area (Å²) in [5, 5.41) is 24.0. The SMILES string of the molecule is CC(C)C[C@@H](/C=C/[C@H](Cc1ccccc1)C(=O)N1CCC[C@@H]1C(=O)N[C@@H](CCCNC(=O)OC(C)(C)C)C(=O)NC1CC(C)(C)N(O)C(C)(C)C1)NC(=O)OC(C)(C)C. The third-order valence-corrected chi connectivity index (χ3v) is 10.4. The summed E-state index contributed by atoms with van der Waals surface area (Å²) < 4.78 is 10.9. The Morgan fingerprint density at radius 3 is 2.05 bits per heavy atom. The van der Waals surface area contributed by atoms with Gasteiger partial charge in [-0.3, -0.25) is 14.4 Å². The van der Waals surface area contributed by atoms with Crippen LogP contribution in [0, 0.1) is 11.8 Å². The second-order valence-electron chi connectivity index (χ2n) is 19.9. The van der Waals surface area contributed by atoms with Gasteiger partial charge in [0.05, 0.1) is 12.0 Å². The topological polar surface area (TPSA) is 179 Å². The van der Waals surface area contributed by atoms with Gasteiger partial charge in [0.1, 0.15) is 23.3 Å². The molecule has 2 saturated heterocycles. The molecule has 5 amide bonds. The molecule has 0 radical (unpaired) electrons. The Kier molecular flexibility index (Phi) is 17.4. The van der Waals surface area contributed by atoms with Crippen molar-refractivity contribution in [2.24, 2.45) is 11.8 Å². The van der Waals surface area contributed by atoms with Crippen molar-refractivity contribution in [1.29, 1.82) is 0 Å². The Morgan fingerprint density at radius 1 is 0.881 bits per heavy atom. The van der Waals surface area contributed by atoms with Gasteiger partial charge < -0.3 is 40.8 Å². The first kappa shape index (κ1) is 49.2. The molecule has 1 aromatic rings. The van der Waals surface area contributed by atoms with Gasteiger partial charge in [0.25, 0.3) is 0 Å². The number of hydrogen-bond donors (Lipinski definition) is 5. The van der Waals surface area contributed by atoms with E-state index in [2.05, 4.69) is 35.1 Å². The lowest BCUT2D eigenvalue weighted by Crippen LogP contribution is -2.64. The Bertz CT molecular complexity index is 1580. The molecule has 59 heavy (non-hydrogen) atoms. The zero-order chi connectivity index (χ0) is 44.3. The third kappa shape index (κ3) is 16.4. The molecule has 2 aliphatic heterocycles. The maximum absolute atomic E-state index is 14.5. The number of ether oxygens (including phenoxy) is 2. The molecule has 0 saturated carbocycles. The van der Waals surface area contributed by atoms with E-state index in [1.165, 1.54) is 5.06 Å². The van der Waals surface area contributed by atoms with E-state index in [0.29, 0.717) is 51.5 Å². The van der Waals surface area contributed by atoms with Crippen molar-refractivity contribution >= 4 is 29.9 Å². The van der Waals surface area contributed by atoms with Crippen LogP contribution in [0.15, 0.2) is 42.5 Å². The van der Waals surface area contributed by atoms with Crippen molar-refractivity contribution in [2.45, 2.75) is 181 Å². The van der Waals surface area contributed by atoms with Gasteiger partial charge in [-0.2, -0.15) is 5.06 Å². The second-order valence-corrected chi connectivity index (χ2v) is 19.9. The number of alkyl carbamates (subject to hydrolysis) is 2. The molecule has 14 heteroatoms. The minimum Gasteiger partial charge on any atom is -0.444 e. The predicted molar refractivity (Wildman–Crippen MR) is 228 cm³/mol. The number of nitrogens with one attached hydrogen (secondary N) is 4. The molecule has 0 unspecified atom stereocenters. The lowest BCUT2D eigenvalue weighted by molar-refractivity contribution is -0.246. The summed E-state index contributed by atoms with van der Waals surface area (Å²) >= 11 is 0. The third-order valence-electron chi connectivity index (χ3n) is 10.4. The van der Waals surface area contributed by atoms with Gasteiger partial charge >= 0.3 is 12.2 Å². The molecule has 2 aliphatic rings. The zero-order valence-corrected chi connectivity index (χ0v) is 37.8. The van der Waals surface area contributed by atoms with Gasteiger partial charge in [-0.25, -0.2) is 9.59 Å². The second kappa shape index (κ2) is 20.9. The maximum Gasteiger partial charge on any atom is 0.408 e. The van der Waals surface area contributed by atoms with E-state index < -0.39 is 64.4 Å². The van der Waals surface area contributed by atoms with Crippen LogP contribution in [-0.4, -0.2) is 105 Å². The van der Waals surface area contributed by atoms with E-state index in [1.807, 2.05) is 70.2 Å². The highest BCUT2D eigenvalue weighted by Gasteiger charge is 2.46. The molecule has 0 spiro atoms. The summed E-state index contributed by atoms with van der Waals surface area (Å²) in [6.45, 7) is 23.1. The predicted octanol–water partition coefficient (Wildman–Crippen LogP) is 6.65. The van der Waals surface area contributed by atoms with E-state index >= 15 is 0 Å². The number of carbonyl (C=O) groups excluding carboxylic acids is 5. The van der Waals surface area contributed by atoms with Crippen LogP contribution in [-0.2, 0) is 30.3 Å². The normalized spacial score (nSPS) is 20.1. The molecule has 4 atom stereocenters. The Balaban J connectivity index is 1.84. The van der Waals surface area contributed by atoms with Gasteiger partial charge in [0.2, 0.25) is 17.7 Å². The van der Waals surface area contributed by atoms with E-state index in [9.17, 15) is 29.2 Å². The minimum atomic E-state index is -0.949. The van der Waals surface area contributed by atoms with Crippen LogP contribution in [0.1, 0.15) is 134 Å². The Labute approximate surface area is 352 Å². The lowest BCUT2D eigenvalue weighted by atomic mass is 9.79. The molecule has 0 aromatic heterocycles. The maximum atomic E-state index is 14.5. The number of carbonyl (C=O) groups is 5. The van der Waals surface area contributed by atoms with Crippen LogP contribution in [0.25, 0.3) is 0 Å². The summed E-state index contributed by atoms with van der Waals surface area (Å²) in [5.74, 6) is -1.40. The Hall–Kier alpha value is -4.17. The van der Waals surface area contributed by atoms with Crippen molar-refractivity contribution in [3.63, 3.8) is 0 Å². The molecular formula is C45H74N6O8. The summed E-state index contributed by atoms with van der Waals surface area (Å²) in [4.78, 5) is 69.5. The largest absolute Gasteiger partial charge is 0.444 e. The first-order chi connectivity index (χ1) is 27.3. The van der Waals surface area contributed by atoms with Gasteiger partial charge in [0, 0.05) is 30.2 Å². The molecule has 0 bridgehead atoms. The van der Waals surface area contributed by atoms with E-state index in [1.54, 1.807) is 46.4 Å². The first-order valence-corrected chi connectivity index (χ1v) is 21.4. The van der Waals surface area contributed by atoms with Gasteiger partial charge in [-0.15, -0.1) is 0 Å². The van der Waals surface area contributed by atoms with Crippen LogP contribution in [0.3, 0.4) is 0 Å². The van der Waals surface area contributed by atoms with Gasteiger partial charge in [-0.05, 0) is 132 Å². The number of piperidine rings is 1. The average Bonchev–Trinajstić information content (AvgIpc) is 3.58. The first-order valence-electron chi connectivity index (χ1n) is 21.4. The van der Waals surface area contributed by atoms with Crippen molar-refractivity contribution in [2.75, 3.05) is 13.1 Å². The van der Waals surface area contributed by atoms with Gasteiger partial charge in [-0.1, -0.05) is 56.3 Å². The number of likely N-dealkylation sites (tertiary alicyclic amines) is 1. The molecule has 5 N–H and O–H groups in total. The van der Waals surface area contributed by atoms with Crippen LogP contribution in [0.4, 0.5) is 9.59 Å². The van der Waals surface area contributed by atoms with E-state index in [-0.39, 0.29) is 36.7 Å². The number of nitrogens with zero attached hydrogens (tertiary/aromatic N) is 2. The highest BCUT2D eigenvalue weighted by molar-refractivity contribution is 5.93. The fourth-order valence-electron chi connectivity index (χ4n) is 8.06. The van der Waals surface area contributed by atoms with Crippen molar-refractivity contribution in [3.8, 4) is 0 Å². The fraction of sp³-hybridized carbons (Fsp3) is 0.711. The summed E-state index contributed by atoms with van der Waals surface area (Å²) in [7, 11) is 0. The smallest absolute Gasteiger partial charge is 0.408 e. The van der Waals surface area contributed by atoms with E-state index in [4.69, 9.17) is 9.47 Å². The molecule has 2 heterocycles. The molecule has 14 nitrogen and oxygen atoms in total. The minimum absolute atomic E-state index is 0.217. The number of hydrogen-bond acceptors (Lipinski definition) is 9. The highest BCUT2D eigenvalue weighted by atomic mass is 16.6. The number of benzene rings is 1. The monoisotopic (exact) mass is 827 g/mol. The molecule has 2 fully saturated rings. The summed E-state index contributed by atoms with van der Waals surface area (Å²) in [5.41, 5.74) is -1.60. The van der Waals surface area contributed by atoms with Crippen LogP contribution >= 0.6 is 0 Å². The van der Waals surface area contributed by atoms with Crippen LogP contribution in [0.5, 0.6) is 0 Å². The average molecular weight is 827 g/mol. The molecule has 332 valence electrons. The lowest BCUT2D eigenvalue weighted by Gasteiger charge is -2.51. The number of hydroxylamine groups is 2.